The number of rotatable bonds is 5. The first-order valence-electron chi connectivity index (χ1n) is 14.6. The quantitative estimate of drug-likeness (QED) is 0.448. The molecule has 4 heterocycles. The number of carbonyl (C=O) groups excluding carboxylic acids is 1. The van der Waals surface area contributed by atoms with Crippen molar-refractivity contribution in [1.29, 1.82) is 0 Å². The number of pyridine rings is 1. The smallest absolute Gasteiger partial charge is 0.276 e. The van der Waals surface area contributed by atoms with Crippen molar-refractivity contribution < 1.29 is 14.1 Å². The summed E-state index contributed by atoms with van der Waals surface area (Å²) in [6.07, 6.45) is 10.3. The van der Waals surface area contributed by atoms with E-state index in [-0.39, 0.29) is 11.3 Å². The molecule has 2 aliphatic heterocycles. The molecule has 2 aromatic heterocycles. The number of likely N-dealkylation sites (tertiary alicyclic amines) is 1. The van der Waals surface area contributed by atoms with Crippen molar-refractivity contribution in [2.75, 3.05) is 46.9 Å². The van der Waals surface area contributed by atoms with Gasteiger partial charge >= 0.3 is 0 Å². The second kappa shape index (κ2) is 13.0. The van der Waals surface area contributed by atoms with Crippen molar-refractivity contribution in [2.24, 2.45) is 5.41 Å². The molecule has 0 atom stereocenters. The largest absolute Gasteiger partial charge is 0.492 e. The molecule has 2 aliphatic rings. The first-order chi connectivity index (χ1) is 19.4. The Bertz CT molecular complexity index is 1250. The average Bonchev–Trinajstić information content (AvgIpc) is 3.31. The first-order valence-corrected chi connectivity index (χ1v) is 14.6. The van der Waals surface area contributed by atoms with Crippen molar-refractivity contribution in [2.45, 2.75) is 58.5 Å². The highest BCUT2D eigenvalue weighted by molar-refractivity contribution is 5.93. The van der Waals surface area contributed by atoms with Gasteiger partial charge in [0.25, 0.3) is 5.91 Å². The standard InChI is InChI=1S/C32H43N5O3/c1-25-28(23-35(2)3)30(34-40-25)31(38)37-17-14-32(15-18-37)13-7-6-11-27-10-4-5-12-29(27)39-20-19-36(24-32)22-26-9-8-16-33-21-26/h4-5,8-10,12,16,21H,6-7,11,13-15,17-20,22-24H2,1-3H3. The van der Waals surface area contributed by atoms with Crippen molar-refractivity contribution in [3.8, 4) is 5.75 Å². The maximum atomic E-state index is 13.6. The van der Waals surface area contributed by atoms with Gasteiger partial charge in [-0.1, -0.05) is 35.8 Å². The van der Waals surface area contributed by atoms with Gasteiger partial charge in [0, 0.05) is 57.2 Å². The van der Waals surface area contributed by atoms with Gasteiger partial charge in [-0.05, 0) is 81.8 Å². The van der Waals surface area contributed by atoms with Gasteiger partial charge in [0.05, 0.1) is 0 Å². The molecule has 1 aromatic carbocycles. The number of fused-ring (bicyclic) bond motifs is 1. The number of piperidine rings is 1. The minimum atomic E-state index is -0.00562. The molecule has 0 aliphatic carbocycles. The zero-order chi connectivity index (χ0) is 28.0. The van der Waals surface area contributed by atoms with Gasteiger partial charge in [0.1, 0.15) is 18.1 Å². The molecule has 0 radical (unpaired) electrons. The summed E-state index contributed by atoms with van der Waals surface area (Å²) in [5.74, 6) is 1.73. The topological polar surface area (TPSA) is 74.9 Å². The van der Waals surface area contributed by atoms with E-state index in [2.05, 4.69) is 45.4 Å². The Morgan fingerprint density at radius 2 is 1.88 bits per heavy atom. The third-order valence-corrected chi connectivity index (χ3v) is 8.50. The van der Waals surface area contributed by atoms with Crippen LogP contribution in [0.4, 0.5) is 0 Å². The number of amides is 1. The zero-order valence-electron chi connectivity index (χ0n) is 24.3. The van der Waals surface area contributed by atoms with Gasteiger partial charge in [-0.2, -0.15) is 0 Å². The molecule has 1 saturated heterocycles. The van der Waals surface area contributed by atoms with Gasteiger partial charge in [-0.3, -0.25) is 14.7 Å². The van der Waals surface area contributed by atoms with Gasteiger partial charge in [-0.25, -0.2) is 0 Å². The predicted molar refractivity (Wildman–Crippen MR) is 155 cm³/mol. The molecule has 0 unspecified atom stereocenters. The second-order valence-corrected chi connectivity index (χ2v) is 11.8. The third kappa shape index (κ3) is 6.91. The molecule has 0 N–H and O–H groups in total. The fourth-order valence-electron chi connectivity index (χ4n) is 6.27. The van der Waals surface area contributed by atoms with Crippen LogP contribution in [0.5, 0.6) is 5.75 Å². The lowest BCUT2D eigenvalue weighted by atomic mass is 9.73. The number of nitrogens with zero attached hydrogens (tertiary/aromatic N) is 5. The van der Waals surface area contributed by atoms with Crippen LogP contribution in [0.1, 0.15) is 65.0 Å². The molecule has 0 saturated carbocycles. The van der Waals surface area contributed by atoms with E-state index in [0.29, 0.717) is 18.8 Å². The van der Waals surface area contributed by atoms with Crippen LogP contribution in [-0.2, 0) is 19.5 Å². The summed E-state index contributed by atoms with van der Waals surface area (Å²) in [7, 11) is 3.99. The maximum absolute atomic E-state index is 13.6. The summed E-state index contributed by atoms with van der Waals surface area (Å²) in [4.78, 5) is 24.5. The van der Waals surface area contributed by atoms with E-state index in [0.717, 1.165) is 81.9 Å². The molecule has 5 rings (SSSR count). The monoisotopic (exact) mass is 545 g/mol. The van der Waals surface area contributed by atoms with Gasteiger partial charge in [0.2, 0.25) is 0 Å². The Balaban J connectivity index is 1.32. The van der Waals surface area contributed by atoms with E-state index in [4.69, 9.17) is 9.26 Å². The maximum Gasteiger partial charge on any atom is 0.276 e. The fraction of sp³-hybridized carbons (Fsp3) is 0.531. The van der Waals surface area contributed by atoms with Gasteiger partial charge in [0.15, 0.2) is 5.69 Å². The second-order valence-electron chi connectivity index (χ2n) is 11.8. The number of benzene rings is 1. The molecule has 40 heavy (non-hydrogen) atoms. The van der Waals surface area contributed by atoms with E-state index >= 15 is 0 Å². The molecule has 3 aromatic rings. The fourth-order valence-corrected chi connectivity index (χ4v) is 6.27. The molecule has 1 spiro atoms. The highest BCUT2D eigenvalue weighted by Crippen LogP contribution is 2.39. The Morgan fingerprint density at radius 3 is 2.65 bits per heavy atom. The molecular formula is C32H43N5O3. The summed E-state index contributed by atoms with van der Waals surface area (Å²) in [6, 6.07) is 12.6. The number of ether oxygens (including phenoxy) is 1. The molecule has 214 valence electrons. The van der Waals surface area contributed by atoms with Gasteiger partial charge in [-0.15, -0.1) is 0 Å². The van der Waals surface area contributed by atoms with Gasteiger partial charge < -0.3 is 19.1 Å². The summed E-state index contributed by atoms with van der Waals surface area (Å²) in [5.41, 5.74) is 4.03. The average molecular weight is 546 g/mol. The lowest BCUT2D eigenvalue weighted by molar-refractivity contribution is 0.0354. The third-order valence-electron chi connectivity index (χ3n) is 8.50. The van der Waals surface area contributed by atoms with Crippen LogP contribution in [0.3, 0.4) is 0 Å². The molecule has 1 amide bonds. The number of aromatic nitrogens is 2. The van der Waals surface area contributed by atoms with Crippen LogP contribution in [0.25, 0.3) is 0 Å². The van der Waals surface area contributed by atoms with Crippen molar-refractivity contribution in [3.05, 3.63) is 76.9 Å². The first kappa shape index (κ1) is 28.3. The SMILES string of the molecule is Cc1onc(C(=O)N2CCC3(CCCCc4ccccc4OCCN(Cc4cccnc4)C3)CC2)c1CN(C)C. The van der Waals surface area contributed by atoms with E-state index < -0.39 is 0 Å². The minimum Gasteiger partial charge on any atom is -0.492 e. The summed E-state index contributed by atoms with van der Waals surface area (Å²) in [5, 5.41) is 4.17. The Morgan fingerprint density at radius 1 is 1.05 bits per heavy atom. The van der Waals surface area contributed by atoms with Crippen LogP contribution < -0.4 is 4.74 Å². The molecule has 0 bridgehead atoms. The number of aryl methyl sites for hydroxylation is 2. The Labute approximate surface area is 238 Å². The zero-order valence-corrected chi connectivity index (χ0v) is 24.3. The van der Waals surface area contributed by atoms with E-state index in [9.17, 15) is 4.79 Å². The normalized spacial score (nSPS) is 18.6. The Kier molecular flexibility index (Phi) is 9.17. The predicted octanol–water partition coefficient (Wildman–Crippen LogP) is 4.97. The van der Waals surface area contributed by atoms with Crippen molar-refractivity contribution >= 4 is 5.91 Å². The number of carbonyl (C=O) groups is 1. The lowest BCUT2D eigenvalue weighted by Crippen LogP contribution is -2.48. The molecular weight excluding hydrogens is 502 g/mol. The minimum absolute atomic E-state index is 0.00562. The van der Waals surface area contributed by atoms with Crippen LogP contribution in [0.15, 0.2) is 53.3 Å². The number of hydrogen-bond donors (Lipinski definition) is 0. The van der Waals surface area contributed by atoms with E-state index in [1.54, 1.807) is 0 Å². The van der Waals surface area contributed by atoms with Crippen LogP contribution in [-0.4, -0.2) is 77.6 Å². The Hall–Kier alpha value is -3.23. The van der Waals surface area contributed by atoms with E-state index in [1.165, 1.54) is 17.5 Å². The lowest BCUT2D eigenvalue weighted by Gasteiger charge is -2.45. The van der Waals surface area contributed by atoms with Crippen LogP contribution >= 0.6 is 0 Å². The van der Waals surface area contributed by atoms with E-state index in [1.807, 2.05) is 49.3 Å². The highest BCUT2D eigenvalue weighted by Gasteiger charge is 2.38. The van der Waals surface area contributed by atoms with Crippen molar-refractivity contribution in [3.63, 3.8) is 0 Å². The van der Waals surface area contributed by atoms with Crippen LogP contribution in [0, 0.1) is 12.3 Å². The number of para-hydroxylation sites is 1. The summed E-state index contributed by atoms with van der Waals surface area (Å²) >= 11 is 0. The molecule has 1 fully saturated rings. The molecule has 8 nitrogen and oxygen atoms in total. The number of hydrogen-bond acceptors (Lipinski definition) is 7. The highest BCUT2D eigenvalue weighted by atomic mass is 16.5. The molecule has 8 heteroatoms. The summed E-state index contributed by atoms with van der Waals surface area (Å²) in [6.45, 7) is 7.34. The van der Waals surface area contributed by atoms with Crippen LogP contribution in [0.2, 0.25) is 0 Å². The van der Waals surface area contributed by atoms with Crippen molar-refractivity contribution in [1.82, 2.24) is 24.8 Å². The summed E-state index contributed by atoms with van der Waals surface area (Å²) < 4.78 is 11.8.